The lowest BCUT2D eigenvalue weighted by Crippen LogP contribution is -2.28. The van der Waals surface area contributed by atoms with Crippen LogP contribution in [0.25, 0.3) is 0 Å². The first-order valence-electron chi connectivity index (χ1n) is 6.65. The summed E-state index contributed by atoms with van der Waals surface area (Å²) in [7, 11) is -3.47. The molecule has 2 aromatic rings. The summed E-state index contributed by atoms with van der Waals surface area (Å²) in [6.07, 6.45) is 1.08. The number of carbonyl (C=O) groups is 1. The van der Waals surface area contributed by atoms with Gasteiger partial charge in [-0.25, -0.2) is 8.42 Å². The number of halogens is 1. The smallest absolute Gasteiger partial charge is 0.253 e. The van der Waals surface area contributed by atoms with Gasteiger partial charge in [-0.05, 0) is 30.7 Å². The number of rotatable bonds is 4. The molecule has 2 aromatic carbocycles. The van der Waals surface area contributed by atoms with Crippen LogP contribution in [0.15, 0.2) is 53.4 Å². The Morgan fingerprint density at radius 1 is 1.09 bits per heavy atom. The number of amides is 1. The van der Waals surface area contributed by atoms with Gasteiger partial charge in [0.25, 0.3) is 5.91 Å². The molecule has 0 fully saturated rings. The molecule has 1 atom stereocenters. The van der Waals surface area contributed by atoms with E-state index in [4.69, 9.17) is 11.6 Å². The fourth-order valence-corrected chi connectivity index (χ4v) is 3.34. The summed E-state index contributed by atoms with van der Waals surface area (Å²) < 4.78 is 23.5. The first kappa shape index (κ1) is 16.5. The molecule has 116 valence electrons. The van der Waals surface area contributed by atoms with Crippen LogP contribution in [-0.2, 0) is 9.84 Å². The Bertz CT molecular complexity index is 803. The molecule has 1 N–H and O–H groups in total. The lowest BCUT2D eigenvalue weighted by Gasteiger charge is -2.16. The molecular weight excluding hydrogens is 322 g/mol. The van der Waals surface area contributed by atoms with Crippen molar-refractivity contribution in [3.8, 4) is 0 Å². The summed E-state index contributed by atoms with van der Waals surface area (Å²) in [6.45, 7) is 1.79. The summed E-state index contributed by atoms with van der Waals surface area (Å²) in [5, 5.41) is 3.33. The van der Waals surface area contributed by atoms with Crippen LogP contribution < -0.4 is 5.32 Å². The molecule has 0 bridgehead atoms. The monoisotopic (exact) mass is 337 g/mol. The van der Waals surface area contributed by atoms with E-state index in [1.54, 1.807) is 31.2 Å². The third-order valence-corrected chi connectivity index (χ3v) is 4.75. The van der Waals surface area contributed by atoms with E-state index in [1.165, 1.54) is 12.1 Å². The van der Waals surface area contributed by atoms with Gasteiger partial charge in [-0.1, -0.05) is 41.9 Å². The standard InChI is InChI=1S/C16H16ClNO3S/c1-11(12-7-3-5-9-14(12)17)18-16(19)13-8-4-6-10-15(13)22(2,20)21/h3-11H,1-2H3,(H,18,19). The largest absolute Gasteiger partial charge is 0.345 e. The topological polar surface area (TPSA) is 63.2 Å². The van der Waals surface area contributed by atoms with E-state index >= 15 is 0 Å². The second-order valence-electron chi connectivity index (χ2n) is 4.98. The SMILES string of the molecule is CC(NC(=O)c1ccccc1S(C)(=O)=O)c1ccccc1Cl. The predicted molar refractivity (Wildman–Crippen MR) is 86.9 cm³/mol. The molecule has 0 aromatic heterocycles. The van der Waals surface area contributed by atoms with Crippen molar-refractivity contribution in [1.82, 2.24) is 5.32 Å². The number of carbonyl (C=O) groups excluding carboxylic acids is 1. The molecule has 0 aliphatic heterocycles. The second-order valence-corrected chi connectivity index (χ2v) is 7.38. The zero-order valence-corrected chi connectivity index (χ0v) is 13.8. The van der Waals surface area contributed by atoms with Gasteiger partial charge in [0.05, 0.1) is 16.5 Å². The van der Waals surface area contributed by atoms with Crippen LogP contribution in [0.1, 0.15) is 28.9 Å². The van der Waals surface area contributed by atoms with Crippen LogP contribution in [0.3, 0.4) is 0 Å². The molecule has 0 saturated carbocycles. The summed E-state index contributed by atoms with van der Waals surface area (Å²) in [4.78, 5) is 12.4. The van der Waals surface area contributed by atoms with Gasteiger partial charge in [0, 0.05) is 11.3 Å². The van der Waals surface area contributed by atoms with E-state index in [0.29, 0.717) is 5.02 Å². The number of nitrogens with one attached hydrogen (secondary N) is 1. The molecule has 1 amide bonds. The number of benzene rings is 2. The van der Waals surface area contributed by atoms with Crippen LogP contribution in [0, 0.1) is 0 Å². The Morgan fingerprint density at radius 3 is 2.32 bits per heavy atom. The molecule has 0 aliphatic carbocycles. The molecule has 6 heteroatoms. The lowest BCUT2D eigenvalue weighted by atomic mass is 10.1. The van der Waals surface area contributed by atoms with Gasteiger partial charge in [-0.2, -0.15) is 0 Å². The zero-order valence-electron chi connectivity index (χ0n) is 12.2. The van der Waals surface area contributed by atoms with Crippen molar-refractivity contribution in [3.63, 3.8) is 0 Å². The zero-order chi connectivity index (χ0) is 16.3. The van der Waals surface area contributed by atoms with Crippen molar-refractivity contribution in [2.45, 2.75) is 17.9 Å². The Hall–Kier alpha value is -1.85. The van der Waals surface area contributed by atoms with Gasteiger partial charge < -0.3 is 5.32 Å². The lowest BCUT2D eigenvalue weighted by molar-refractivity contribution is 0.0936. The molecule has 1 unspecified atom stereocenters. The van der Waals surface area contributed by atoms with Crippen molar-refractivity contribution in [2.24, 2.45) is 0 Å². The highest BCUT2D eigenvalue weighted by Crippen LogP contribution is 2.23. The average Bonchev–Trinajstić information content (AvgIpc) is 2.46. The summed E-state index contributed by atoms with van der Waals surface area (Å²) >= 11 is 6.11. The first-order valence-corrected chi connectivity index (χ1v) is 8.92. The van der Waals surface area contributed by atoms with Gasteiger partial charge >= 0.3 is 0 Å². The minimum atomic E-state index is -3.47. The quantitative estimate of drug-likeness (QED) is 0.931. The van der Waals surface area contributed by atoms with E-state index in [-0.39, 0.29) is 16.5 Å². The van der Waals surface area contributed by atoms with Crippen molar-refractivity contribution in [1.29, 1.82) is 0 Å². The second kappa shape index (κ2) is 6.50. The van der Waals surface area contributed by atoms with Gasteiger partial charge in [-0.3, -0.25) is 4.79 Å². The Labute approximate surface area is 135 Å². The van der Waals surface area contributed by atoms with Gasteiger partial charge in [0.2, 0.25) is 0 Å². The van der Waals surface area contributed by atoms with Crippen LogP contribution in [0.5, 0.6) is 0 Å². The molecular formula is C16H16ClNO3S. The van der Waals surface area contributed by atoms with E-state index < -0.39 is 15.7 Å². The maximum atomic E-state index is 12.4. The highest BCUT2D eigenvalue weighted by molar-refractivity contribution is 7.90. The Kier molecular flexibility index (Phi) is 4.88. The van der Waals surface area contributed by atoms with Crippen LogP contribution in [0.4, 0.5) is 0 Å². The molecule has 0 spiro atoms. The minimum absolute atomic E-state index is 0.0128. The average molecular weight is 338 g/mol. The molecule has 4 nitrogen and oxygen atoms in total. The van der Waals surface area contributed by atoms with Gasteiger partial charge in [0.15, 0.2) is 9.84 Å². The minimum Gasteiger partial charge on any atom is -0.345 e. The fraction of sp³-hybridized carbons (Fsp3) is 0.188. The highest BCUT2D eigenvalue weighted by atomic mass is 35.5. The normalized spacial score (nSPS) is 12.7. The Balaban J connectivity index is 2.29. The van der Waals surface area contributed by atoms with Crippen LogP contribution in [0.2, 0.25) is 5.02 Å². The van der Waals surface area contributed by atoms with E-state index in [0.717, 1.165) is 11.8 Å². The van der Waals surface area contributed by atoms with Crippen molar-refractivity contribution in [2.75, 3.05) is 6.26 Å². The molecule has 0 radical (unpaired) electrons. The molecule has 22 heavy (non-hydrogen) atoms. The first-order chi connectivity index (χ1) is 10.3. The summed E-state index contributed by atoms with van der Waals surface area (Å²) in [6, 6.07) is 13.0. The number of sulfone groups is 1. The van der Waals surface area contributed by atoms with Crippen molar-refractivity contribution in [3.05, 3.63) is 64.7 Å². The van der Waals surface area contributed by atoms with E-state index in [2.05, 4.69) is 5.32 Å². The van der Waals surface area contributed by atoms with Gasteiger partial charge in [0.1, 0.15) is 0 Å². The maximum Gasteiger partial charge on any atom is 0.253 e. The predicted octanol–water partition coefficient (Wildman–Crippen LogP) is 3.23. The maximum absolute atomic E-state index is 12.4. The highest BCUT2D eigenvalue weighted by Gasteiger charge is 2.20. The molecule has 0 heterocycles. The van der Waals surface area contributed by atoms with E-state index in [9.17, 15) is 13.2 Å². The molecule has 2 rings (SSSR count). The molecule has 0 aliphatic rings. The van der Waals surface area contributed by atoms with Gasteiger partial charge in [-0.15, -0.1) is 0 Å². The summed E-state index contributed by atoms with van der Waals surface area (Å²) in [5.41, 5.74) is 0.901. The van der Waals surface area contributed by atoms with Crippen molar-refractivity contribution >= 4 is 27.3 Å². The summed E-state index contributed by atoms with van der Waals surface area (Å²) in [5.74, 6) is -0.451. The molecule has 0 saturated heterocycles. The van der Waals surface area contributed by atoms with E-state index in [1.807, 2.05) is 12.1 Å². The third kappa shape index (κ3) is 3.67. The van der Waals surface area contributed by atoms with Crippen molar-refractivity contribution < 1.29 is 13.2 Å². The Morgan fingerprint density at radius 2 is 1.68 bits per heavy atom. The number of hydrogen-bond donors (Lipinski definition) is 1. The van der Waals surface area contributed by atoms with Crippen LogP contribution in [-0.4, -0.2) is 20.6 Å². The third-order valence-electron chi connectivity index (χ3n) is 3.25. The number of hydrogen-bond acceptors (Lipinski definition) is 3. The van der Waals surface area contributed by atoms with Crippen LogP contribution >= 0.6 is 11.6 Å². The fourth-order valence-electron chi connectivity index (χ4n) is 2.16.